The number of carbonyl (C=O) groups is 1. The Morgan fingerprint density at radius 3 is 2.28 bits per heavy atom. The van der Waals surface area contributed by atoms with Gasteiger partial charge in [0, 0.05) is 11.8 Å². The average molecular weight is 244 g/mol. The zero-order valence-electron chi connectivity index (χ0n) is 10.7. The molecule has 3 N–H and O–H groups in total. The van der Waals surface area contributed by atoms with Crippen molar-refractivity contribution in [3.8, 4) is 0 Å². The molecular weight excluding hydrogens is 228 g/mol. The second-order valence-electron chi connectivity index (χ2n) is 4.43. The van der Waals surface area contributed by atoms with E-state index in [1.54, 1.807) is 12.1 Å². The largest absolute Gasteiger partial charge is 0.436 e. The summed E-state index contributed by atoms with van der Waals surface area (Å²) in [6.07, 6.45) is 0. The third kappa shape index (κ3) is 2.37. The number of amides is 1. The summed E-state index contributed by atoms with van der Waals surface area (Å²) in [6.45, 7) is 5.96. The molecular formula is C14H16N2O2. The van der Waals surface area contributed by atoms with Crippen LogP contribution in [0.4, 0.5) is 11.6 Å². The van der Waals surface area contributed by atoms with Crippen LogP contribution < -0.4 is 11.1 Å². The van der Waals surface area contributed by atoms with Gasteiger partial charge in [-0.15, -0.1) is 0 Å². The van der Waals surface area contributed by atoms with Crippen LogP contribution in [0.25, 0.3) is 0 Å². The van der Waals surface area contributed by atoms with Gasteiger partial charge in [0.25, 0.3) is 5.91 Å². The maximum Gasteiger partial charge on any atom is 0.291 e. The van der Waals surface area contributed by atoms with Gasteiger partial charge >= 0.3 is 0 Å². The minimum absolute atomic E-state index is 0.215. The van der Waals surface area contributed by atoms with Crippen molar-refractivity contribution in [2.24, 2.45) is 0 Å². The molecule has 18 heavy (non-hydrogen) atoms. The molecule has 0 spiro atoms. The van der Waals surface area contributed by atoms with E-state index in [4.69, 9.17) is 10.2 Å². The fraction of sp³-hybridized carbons (Fsp3) is 0.214. The van der Waals surface area contributed by atoms with Crippen molar-refractivity contribution >= 4 is 17.5 Å². The Labute approximate surface area is 106 Å². The number of rotatable bonds is 2. The Hall–Kier alpha value is -2.23. The summed E-state index contributed by atoms with van der Waals surface area (Å²) in [4.78, 5) is 12.0. The molecule has 94 valence electrons. The summed E-state index contributed by atoms with van der Waals surface area (Å²) in [5.41, 5.74) is 9.49. The second-order valence-corrected chi connectivity index (χ2v) is 4.43. The predicted molar refractivity (Wildman–Crippen MR) is 71.7 cm³/mol. The van der Waals surface area contributed by atoms with E-state index < -0.39 is 0 Å². The number of carbonyl (C=O) groups excluding carboxylic acids is 1. The van der Waals surface area contributed by atoms with Crippen molar-refractivity contribution in [2.75, 3.05) is 11.1 Å². The molecule has 1 aromatic heterocycles. The van der Waals surface area contributed by atoms with E-state index in [2.05, 4.69) is 5.32 Å². The Morgan fingerprint density at radius 2 is 1.78 bits per heavy atom. The third-order valence-electron chi connectivity index (χ3n) is 2.77. The Morgan fingerprint density at radius 1 is 1.17 bits per heavy atom. The van der Waals surface area contributed by atoms with E-state index in [-0.39, 0.29) is 17.6 Å². The summed E-state index contributed by atoms with van der Waals surface area (Å²) in [5, 5.41) is 2.85. The van der Waals surface area contributed by atoms with Crippen molar-refractivity contribution in [1.29, 1.82) is 0 Å². The van der Waals surface area contributed by atoms with E-state index >= 15 is 0 Å². The third-order valence-corrected chi connectivity index (χ3v) is 2.77. The molecule has 2 rings (SSSR count). The minimum Gasteiger partial charge on any atom is -0.436 e. The number of nitrogens with one attached hydrogen (secondary N) is 1. The first kappa shape index (κ1) is 12.2. The van der Waals surface area contributed by atoms with E-state index in [1.807, 2.05) is 32.9 Å². The molecule has 0 radical (unpaired) electrons. The van der Waals surface area contributed by atoms with E-state index in [0.29, 0.717) is 0 Å². The number of aryl methyl sites for hydroxylation is 3. The lowest BCUT2D eigenvalue weighted by Crippen LogP contribution is -2.13. The highest BCUT2D eigenvalue weighted by Gasteiger charge is 2.13. The fourth-order valence-electron chi connectivity index (χ4n) is 2.03. The summed E-state index contributed by atoms with van der Waals surface area (Å²) in [7, 11) is 0. The van der Waals surface area contributed by atoms with E-state index in [1.165, 1.54) is 5.56 Å². The highest BCUT2D eigenvalue weighted by molar-refractivity contribution is 6.03. The number of hydrogen-bond donors (Lipinski definition) is 2. The summed E-state index contributed by atoms with van der Waals surface area (Å²) in [6, 6.07) is 7.17. The first-order chi connectivity index (χ1) is 8.47. The molecule has 1 heterocycles. The van der Waals surface area contributed by atoms with Crippen LogP contribution >= 0.6 is 0 Å². The number of hydrogen-bond acceptors (Lipinski definition) is 3. The average Bonchev–Trinajstić information content (AvgIpc) is 2.70. The van der Waals surface area contributed by atoms with Crippen molar-refractivity contribution in [3.63, 3.8) is 0 Å². The first-order valence-corrected chi connectivity index (χ1v) is 5.72. The lowest BCUT2D eigenvalue weighted by molar-refractivity contribution is 0.0997. The Kier molecular flexibility index (Phi) is 3.10. The molecule has 4 heteroatoms. The quantitative estimate of drug-likeness (QED) is 0.853. The summed E-state index contributed by atoms with van der Waals surface area (Å²) in [5.74, 6) is 0.158. The van der Waals surface area contributed by atoms with Crippen LogP contribution in [0.5, 0.6) is 0 Å². The maximum absolute atomic E-state index is 12.0. The Bertz CT molecular complexity index is 577. The lowest BCUT2D eigenvalue weighted by atomic mass is 10.1. The predicted octanol–water partition coefficient (Wildman–Crippen LogP) is 3.04. The molecule has 0 saturated carbocycles. The molecule has 0 aliphatic carbocycles. The van der Waals surface area contributed by atoms with Crippen LogP contribution in [0.15, 0.2) is 28.7 Å². The van der Waals surface area contributed by atoms with Gasteiger partial charge in [0.15, 0.2) is 11.6 Å². The van der Waals surface area contributed by atoms with Gasteiger partial charge in [0.05, 0.1) is 0 Å². The van der Waals surface area contributed by atoms with Crippen LogP contribution in [-0.2, 0) is 0 Å². The van der Waals surface area contributed by atoms with Crippen LogP contribution in [0.1, 0.15) is 27.2 Å². The fourth-order valence-corrected chi connectivity index (χ4v) is 2.03. The highest BCUT2D eigenvalue weighted by Crippen LogP contribution is 2.23. The number of nitrogens with two attached hydrogens (primary N) is 1. The molecule has 0 unspecified atom stereocenters. The zero-order valence-corrected chi connectivity index (χ0v) is 10.7. The summed E-state index contributed by atoms with van der Waals surface area (Å²) < 4.78 is 5.09. The molecule has 0 saturated heterocycles. The van der Waals surface area contributed by atoms with Crippen LogP contribution in [-0.4, -0.2) is 5.91 Å². The van der Waals surface area contributed by atoms with E-state index in [0.717, 1.165) is 16.8 Å². The molecule has 0 atom stereocenters. The molecule has 0 bridgehead atoms. The topological polar surface area (TPSA) is 68.3 Å². The van der Waals surface area contributed by atoms with Crippen LogP contribution in [0.3, 0.4) is 0 Å². The van der Waals surface area contributed by atoms with Gasteiger partial charge in [-0.05, 0) is 38.0 Å². The molecule has 1 amide bonds. The van der Waals surface area contributed by atoms with Gasteiger partial charge < -0.3 is 15.5 Å². The van der Waals surface area contributed by atoms with Gasteiger partial charge in [-0.2, -0.15) is 0 Å². The van der Waals surface area contributed by atoms with Crippen LogP contribution in [0.2, 0.25) is 0 Å². The molecule has 2 aromatic rings. The number of furan rings is 1. The first-order valence-electron chi connectivity index (χ1n) is 5.72. The molecule has 0 fully saturated rings. The van der Waals surface area contributed by atoms with Crippen molar-refractivity contribution in [3.05, 3.63) is 46.7 Å². The second kappa shape index (κ2) is 4.56. The normalized spacial score (nSPS) is 10.4. The van der Waals surface area contributed by atoms with Gasteiger partial charge in [-0.25, -0.2) is 0 Å². The lowest BCUT2D eigenvalue weighted by Gasteiger charge is -2.11. The standard InChI is InChI=1S/C14H16N2O2/c1-8-6-9(2)13(10(3)7-8)16-14(17)11-4-5-12(15)18-11/h4-7H,15H2,1-3H3,(H,16,17). The van der Waals surface area contributed by atoms with Crippen molar-refractivity contribution < 1.29 is 9.21 Å². The molecule has 0 aliphatic heterocycles. The Balaban J connectivity index is 2.27. The number of anilines is 2. The van der Waals surface area contributed by atoms with E-state index in [9.17, 15) is 4.79 Å². The van der Waals surface area contributed by atoms with Gasteiger partial charge in [0.1, 0.15) is 0 Å². The van der Waals surface area contributed by atoms with Gasteiger partial charge in [-0.1, -0.05) is 17.7 Å². The smallest absolute Gasteiger partial charge is 0.291 e. The number of benzene rings is 1. The molecule has 1 aromatic carbocycles. The monoisotopic (exact) mass is 244 g/mol. The molecule has 4 nitrogen and oxygen atoms in total. The molecule has 0 aliphatic rings. The van der Waals surface area contributed by atoms with Crippen molar-refractivity contribution in [1.82, 2.24) is 0 Å². The van der Waals surface area contributed by atoms with Gasteiger partial charge in [-0.3, -0.25) is 4.79 Å². The van der Waals surface area contributed by atoms with Crippen molar-refractivity contribution in [2.45, 2.75) is 20.8 Å². The zero-order chi connectivity index (χ0) is 13.3. The highest BCUT2D eigenvalue weighted by atomic mass is 16.4. The minimum atomic E-state index is -0.290. The maximum atomic E-state index is 12.0. The SMILES string of the molecule is Cc1cc(C)c(NC(=O)c2ccc(N)o2)c(C)c1. The van der Waals surface area contributed by atoms with Gasteiger partial charge in [0.2, 0.25) is 0 Å². The number of nitrogen functional groups attached to an aromatic ring is 1. The van der Waals surface area contributed by atoms with Crippen LogP contribution in [0, 0.1) is 20.8 Å². The summed E-state index contributed by atoms with van der Waals surface area (Å²) >= 11 is 0.